The molecule has 1 aliphatic heterocycles. The zero-order chi connectivity index (χ0) is 21.7. The summed E-state index contributed by atoms with van der Waals surface area (Å²) < 4.78 is 38.0. The maximum atomic E-state index is 12.9. The van der Waals surface area contributed by atoms with Gasteiger partial charge in [-0.05, 0) is 61.9 Å². The Kier molecular flexibility index (Phi) is 6.91. The van der Waals surface area contributed by atoms with Crippen molar-refractivity contribution in [2.75, 3.05) is 25.5 Å². The summed E-state index contributed by atoms with van der Waals surface area (Å²) in [5.41, 5.74) is 1.35. The first kappa shape index (κ1) is 22.0. The fourth-order valence-electron chi connectivity index (χ4n) is 3.29. The van der Waals surface area contributed by atoms with Crippen molar-refractivity contribution in [2.24, 2.45) is 0 Å². The average Bonchev–Trinajstić information content (AvgIpc) is 2.72. The molecule has 3 rings (SSSR count). The predicted molar refractivity (Wildman–Crippen MR) is 116 cm³/mol. The van der Waals surface area contributed by atoms with Crippen molar-refractivity contribution in [1.29, 1.82) is 0 Å². The topological polar surface area (TPSA) is 84.9 Å². The molecule has 1 aliphatic rings. The summed E-state index contributed by atoms with van der Waals surface area (Å²) in [4.78, 5) is 12.4. The van der Waals surface area contributed by atoms with E-state index in [0.29, 0.717) is 24.5 Å². The first-order valence-electron chi connectivity index (χ1n) is 9.67. The lowest BCUT2D eigenvalue weighted by Crippen LogP contribution is -2.48. The molecular formula is C22H26N2O5S. The lowest BCUT2D eigenvalue weighted by Gasteiger charge is -2.34. The van der Waals surface area contributed by atoms with Crippen molar-refractivity contribution in [3.63, 3.8) is 0 Å². The second-order valence-corrected chi connectivity index (χ2v) is 9.14. The van der Waals surface area contributed by atoms with Crippen LogP contribution in [0.25, 0.3) is 6.08 Å². The SMILES string of the molecule is COc1cccc(/C=C/C(=O)Nc2ccc(S(=O)(=O)N3C[C@H](C)O[C@@H](C)C3)cc2)c1. The third-order valence-electron chi connectivity index (χ3n) is 4.67. The van der Waals surface area contributed by atoms with E-state index in [0.717, 1.165) is 5.56 Å². The number of methoxy groups -OCH3 is 1. The molecule has 1 saturated heterocycles. The molecule has 160 valence electrons. The van der Waals surface area contributed by atoms with E-state index >= 15 is 0 Å². The van der Waals surface area contributed by atoms with Crippen LogP contribution in [0.5, 0.6) is 5.75 Å². The van der Waals surface area contributed by atoms with E-state index in [9.17, 15) is 13.2 Å². The molecule has 1 amide bonds. The Morgan fingerprint density at radius 2 is 1.80 bits per heavy atom. The number of anilines is 1. The van der Waals surface area contributed by atoms with E-state index in [1.807, 2.05) is 38.1 Å². The molecule has 0 aromatic heterocycles. The van der Waals surface area contributed by atoms with Crippen LogP contribution >= 0.6 is 0 Å². The van der Waals surface area contributed by atoms with Crippen molar-refractivity contribution in [2.45, 2.75) is 31.0 Å². The van der Waals surface area contributed by atoms with Gasteiger partial charge in [-0.2, -0.15) is 4.31 Å². The van der Waals surface area contributed by atoms with Crippen LogP contribution in [0.4, 0.5) is 5.69 Å². The van der Waals surface area contributed by atoms with Crippen LogP contribution in [-0.2, 0) is 19.6 Å². The minimum absolute atomic E-state index is 0.154. The van der Waals surface area contributed by atoms with Crippen LogP contribution in [-0.4, -0.2) is 51.0 Å². The molecule has 7 nitrogen and oxygen atoms in total. The first-order valence-corrected chi connectivity index (χ1v) is 11.1. The number of carbonyl (C=O) groups excluding carboxylic acids is 1. The highest BCUT2D eigenvalue weighted by Crippen LogP contribution is 2.22. The number of sulfonamides is 1. The van der Waals surface area contributed by atoms with E-state index < -0.39 is 10.0 Å². The number of nitrogens with one attached hydrogen (secondary N) is 1. The number of nitrogens with zero attached hydrogens (tertiary/aromatic N) is 1. The number of benzene rings is 2. The number of morpholine rings is 1. The lowest BCUT2D eigenvalue weighted by molar-refractivity contribution is -0.111. The number of hydrogen-bond acceptors (Lipinski definition) is 5. The minimum atomic E-state index is -3.61. The fourth-order valence-corrected chi connectivity index (χ4v) is 4.88. The molecule has 0 saturated carbocycles. The smallest absolute Gasteiger partial charge is 0.248 e. The van der Waals surface area contributed by atoms with Crippen molar-refractivity contribution in [3.05, 3.63) is 60.2 Å². The van der Waals surface area contributed by atoms with Crippen LogP contribution in [0.3, 0.4) is 0 Å². The second kappa shape index (κ2) is 9.42. The Hall–Kier alpha value is -2.68. The zero-order valence-electron chi connectivity index (χ0n) is 17.2. The van der Waals surface area contributed by atoms with Gasteiger partial charge in [0.05, 0.1) is 24.2 Å². The minimum Gasteiger partial charge on any atom is -0.497 e. The number of ether oxygens (including phenoxy) is 2. The molecule has 1 N–H and O–H groups in total. The van der Waals surface area contributed by atoms with Gasteiger partial charge < -0.3 is 14.8 Å². The van der Waals surface area contributed by atoms with Gasteiger partial charge in [0.1, 0.15) is 5.75 Å². The van der Waals surface area contributed by atoms with E-state index in [2.05, 4.69) is 5.32 Å². The van der Waals surface area contributed by atoms with Gasteiger partial charge in [0.15, 0.2) is 0 Å². The van der Waals surface area contributed by atoms with E-state index in [-0.39, 0.29) is 23.0 Å². The van der Waals surface area contributed by atoms with Crippen LogP contribution in [0.2, 0.25) is 0 Å². The third kappa shape index (κ3) is 5.47. The van der Waals surface area contributed by atoms with Crippen molar-refractivity contribution in [1.82, 2.24) is 4.31 Å². The fraction of sp³-hybridized carbons (Fsp3) is 0.318. The van der Waals surface area contributed by atoms with Crippen LogP contribution < -0.4 is 10.1 Å². The molecule has 0 aliphatic carbocycles. The molecule has 2 aromatic carbocycles. The number of rotatable bonds is 6. The van der Waals surface area contributed by atoms with Crippen molar-refractivity contribution in [3.8, 4) is 5.75 Å². The Balaban J connectivity index is 1.65. The number of carbonyl (C=O) groups is 1. The predicted octanol–water partition coefficient (Wildman–Crippen LogP) is 3.15. The number of hydrogen-bond donors (Lipinski definition) is 1. The summed E-state index contributed by atoms with van der Waals surface area (Å²) >= 11 is 0. The molecule has 0 radical (unpaired) electrons. The lowest BCUT2D eigenvalue weighted by atomic mass is 10.2. The van der Waals surface area contributed by atoms with Gasteiger partial charge in [0.2, 0.25) is 15.9 Å². The Morgan fingerprint density at radius 1 is 1.13 bits per heavy atom. The molecule has 0 bridgehead atoms. The molecule has 1 fully saturated rings. The molecule has 1 heterocycles. The van der Waals surface area contributed by atoms with Gasteiger partial charge in [0, 0.05) is 24.9 Å². The van der Waals surface area contributed by atoms with Crippen molar-refractivity contribution >= 4 is 27.7 Å². The van der Waals surface area contributed by atoms with Gasteiger partial charge >= 0.3 is 0 Å². The summed E-state index contributed by atoms with van der Waals surface area (Å²) in [6, 6.07) is 13.5. The molecular weight excluding hydrogens is 404 g/mol. The average molecular weight is 431 g/mol. The Labute approximate surface area is 177 Å². The van der Waals surface area contributed by atoms with Gasteiger partial charge in [-0.1, -0.05) is 12.1 Å². The molecule has 30 heavy (non-hydrogen) atoms. The normalized spacial score (nSPS) is 20.2. The van der Waals surface area contributed by atoms with E-state index in [1.165, 1.54) is 22.5 Å². The molecule has 0 spiro atoms. The largest absolute Gasteiger partial charge is 0.497 e. The summed E-state index contributed by atoms with van der Waals surface area (Å²) in [5, 5.41) is 2.73. The maximum Gasteiger partial charge on any atom is 0.248 e. The van der Waals surface area contributed by atoms with E-state index in [1.54, 1.807) is 25.3 Å². The maximum absolute atomic E-state index is 12.9. The van der Waals surface area contributed by atoms with Crippen LogP contribution in [0, 0.1) is 0 Å². The highest BCUT2D eigenvalue weighted by Gasteiger charge is 2.32. The summed E-state index contributed by atoms with van der Waals surface area (Å²) in [6.45, 7) is 4.35. The summed E-state index contributed by atoms with van der Waals surface area (Å²) in [7, 11) is -2.03. The molecule has 8 heteroatoms. The highest BCUT2D eigenvalue weighted by atomic mass is 32.2. The molecule has 2 atom stereocenters. The monoisotopic (exact) mass is 430 g/mol. The first-order chi connectivity index (χ1) is 14.3. The molecule has 2 aromatic rings. The standard InChI is InChI=1S/C22H26N2O5S/c1-16-14-24(15-17(2)29-16)30(26,27)21-10-8-19(9-11-21)23-22(25)12-7-18-5-4-6-20(13-18)28-3/h4-13,16-17H,14-15H2,1-3H3,(H,23,25)/b12-7+/t16-,17-/m0/s1. The quantitative estimate of drug-likeness (QED) is 0.712. The second-order valence-electron chi connectivity index (χ2n) is 7.20. The van der Waals surface area contributed by atoms with Gasteiger partial charge in [-0.3, -0.25) is 4.79 Å². The van der Waals surface area contributed by atoms with Crippen LogP contribution in [0.15, 0.2) is 59.5 Å². The van der Waals surface area contributed by atoms with Gasteiger partial charge in [0.25, 0.3) is 0 Å². The molecule has 0 unspecified atom stereocenters. The zero-order valence-corrected chi connectivity index (χ0v) is 18.1. The van der Waals surface area contributed by atoms with Crippen LogP contribution in [0.1, 0.15) is 19.4 Å². The summed E-state index contributed by atoms with van der Waals surface area (Å²) in [6.07, 6.45) is 2.78. The third-order valence-corrected chi connectivity index (χ3v) is 6.51. The van der Waals surface area contributed by atoms with Gasteiger partial charge in [-0.15, -0.1) is 0 Å². The van der Waals surface area contributed by atoms with Crippen molar-refractivity contribution < 1.29 is 22.7 Å². The van der Waals surface area contributed by atoms with Gasteiger partial charge in [-0.25, -0.2) is 8.42 Å². The Bertz CT molecular complexity index is 1010. The summed E-state index contributed by atoms with van der Waals surface area (Å²) in [5.74, 6) is 0.391. The Morgan fingerprint density at radius 3 is 2.43 bits per heavy atom. The van der Waals surface area contributed by atoms with E-state index in [4.69, 9.17) is 9.47 Å². The number of amides is 1. The highest BCUT2D eigenvalue weighted by molar-refractivity contribution is 7.89.